The van der Waals surface area contributed by atoms with E-state index in [1.807, 2.05) is 0 Å². The number of nitrogens with two attached hydrogens (primary N) is 1. The van der Waals surface area contributed by atoms with Gasteiger partial charge < -0.3 is 10.6 Å². The molecule has 106 valence electrons. The van der Waals surface area contributed by atoms with E-state index in [0.29, 0.717) is 19.6 Å². The monoisotopic (exact) mass is 277 g/mol. The molecule has 1 heterocycles. The van der Waals surface area contributed by atoms with E-state index < -0.39 is 15.1 Å². The van der Waals surface area contributed by atoms with Gasteiger partial charge in [0.1, 0.15) is 5.25 Å². The Balaban J connectivity index is 2.45. The molecule has 6 nitrogen and oxygen atoms in total. The number of hydrogen-bond acceptors (Lipinski definition) is 5. The van der Waals surface area contributed by atoms with Crippen molar-refractivity contribution in [2.75, 3.05) is 45.5 Å². The van der Waals surface area contributed by atoms with Crippen molar-refractivity contribution in [2.45, 2.75) is 18.6 Å². The lowest BCUT2D eigenvalue weighted by molar-refractivity contribution is -0.132. The molecule has 1 unspecified atom stereocenters. The lowest BCUT2D eigenvalue weighted by Gasteiger charge is -2.35. The highest BCUT2D eigenvalue weighted by Gasteiger charge is 2.30. The van der Waals surface area contributed by atoms with E-state index in [9.17, 15) is 13.2 Å². The van der Waals surface area contributed by atoms with E-state index >= 15 is 0 Å². The van der Waals surface area contributed by atoms with Crippen LogP contribution in [-0.2, 0) is 14.6 Å². The molecule has 0 aromatic rings. The van der Waals surface area contributed by atoms with E-state index in [1.54, 1.807) is 4.90 Å². The lowest BCUT2D eigenvalue weighted by atomic mass is 10.2. The molecular formula is C11H23N3O3S. The SMILES string of the molecule is CC(C(=O)N1CCN(CCCN)CC1)S(C)(=O)=O. The maximum atomic E-state index is 12.0. The second-order valence-electron chi connectivity index (χ2n) is 4.78. The van der Waals surface area contributed by atoms with Gasteiger partial charge in [-0.3, -0.25) is 9.69 Å². The first-order chi connectivity index (χ1) is 8.36. The summed E-state index contributed by atoms with van der Waals surface area (Å²) in [5, 5.41) is -0.937. The van der Waals surface area contributed by atoms with E-state index in [4.69, 9.17) is 5.73 Å². The fourth-order valence-electron chi connectivity index (χ4n) is 1.95. The number of hydrogen-bond donors (Lipinski definition) is 1. The van der Waals surface area contributed by atoms with Gasteiger partial charge in [-0.05, 0) is 26.4 Å². The molecule has 2 N–H and O–H groups in total. The Morgan fingerprint density at radius 2 is 1.83 bits per heavy atom. The smallest absolute Gasteiger partial charge is 0.240 e. The predicted octanol–water partition coefficient (Wildman–Crippen LogP) is -1.09. The van der Waals surface area contributed by atoms with Crippen molar-refractivity contribution in [3.8, 4) is 0 Å². The fourth-order valence-corrected chi connectivity index (χ4v) is 2.46. The van der Waals surface area contributed by atoms with Crippen molar-refractivity contribution in [1.82, 2.24) is 9.80 Å². The summed E-state index contributed by atoms with van der Waals surface area (Å²) in [5.74, 6) is -0.282. The Kier molecular flexibility index (Phi) is 5.55. The Morgan fingerprint density at radius 3 is 2.28 bits per heavy atom. The van der Waals surface area contributed by atoms with Crippen LogP contribution in [0.5, 0.6) is 0 Å². The van der Waals surface area contributed by atoms with E-state index in [-0.39, 0.29) is 5.91 Å². The van der Waals surface area contributed by atoms with Crippen LogP contribution in [0.2, 0.25) is 0 Å². The Labute approximate surface area is 109 Å². The third-order valence-corrected chi connectivity index (χ3v) is 4.84. The summed E-state index contributed by atoms with van der Waals surface area (Å²) < 4.78 is 22.7. The van der Waals surface area contributed by atoms with Crippen LogP contribution >= 0.6 is 0 Å². The van der Waals surface area contributed by atoms with Crippen molar-refractivity contribution in [2.24, 2.45) is 5.73 Å². The van der Waals surface area contributed by atoms with E-state index in [2.05, 4.69) is 4.90 Å². The maximum absolute atomic E-state index is 12.0. The second-order valence-corrected chi connectivity index (χ2v) is 7.15. The summed E-state index contributed by atoms with van der Waals surface area (Å²) in [5.41, 5.74) is 5.45. The van der Waals surface area contributed by atoms with Gasteiger partial charge in [-0.25, -0.2) is 8.42 Å². The predicted molar refractivity (Wildman–Crippen MR) is 71.0 cm³/mol. The van der Waals surface area contributed by atoms with Crippen LogP contribution in [0.25, 0.3) is 0 Å². The van der Waals surface area contributed by atoms with Gasteiger partial charge in [0.25, 0.3) is 0 Å². The molecule has 0 aromatic carbocycles. The average molecular weight is 277 g/mol. The number of nitrogens with zero attached hydrogens (tertiary/aromatic N) is 2. The number of piperazine rings is 1. The summed E-state index contributed by atoms with van der Waals surface area (Å²) in [6.07, 6.45) is 2.06. The molecular weight excluding hydrogens is 254 g/mol. The summed E-state index contributed by atoms with van der Waals surface area (Å²) in [4.78, 5) is 15.9. The third kappa shape index (κ3) is 4.22. The molecule has 0 aromatic heterocycles. The Hall–Kier alpha value is -0.660. The van der Waals surface area contributed by atoms with Crippen molar-refractivity contribution in [1.29, 1.82) is 0 Å². The number of sulfone groups is 1. The van der Waals surface area contributed by atoms with Crippen molar-refractivity contribution in [3.05, 3.63) is 0 Å². The van der Waals surface area contributed by atoms with Gasteiger partial charge in [0.15, 0.2) is 9.84 Å². The van der Waals surface area contributed by atoms with Crippen LogP contribution in [0.4, 0.5) is 0 Å². The molecule has 1 atom stereocenters. The second kappa shape index (κ2) is 6.49. The zero-order valence-corrected chi connectivity index (χ0v) is 11.9. The van der Waals surface area contributed by atoms with Crippen LogP contribution in [0.1, 0.15) is 13.3 Å². The van der Waals surface area contributed by atoms with Gasteiger partial charge in [-0.1, -0.05) is 0 Å². The molecule has 1 amide bonds. The number of carbonyl (C=O) groups is 1. The van der Waals surface area contributed by atoms with Crippen molar-refractivity contribution < 1.29 is 13.2 Å². The Bertz CT molecular complexity index is 375. The van der Waals surface area contributed by atoms with Gasteiger partial charge in [0.05, 0.1) is 0 Å². The summed E-state index contributed by atoms with van der Waals surface area (Å²) >= 11 is 0. The first-order valence-electron chi connectivity index (χ1n) is 6.26. The molecule has 0 aliphatic carbocycles. The molecule has 0 spiro atoms. The van der Waals surface area contributed by atoms with Gasteiger partial charge in [-0.2, -0.15) is 0 Å². The number of rotatable bonds is 5. The lowest BCUT2D eigenvalue weighted by Crippen LogP contribution is -2.52. The van der Waals surface area contributed by atoms with Gasteiger partial charge in [-0.15, -0.1) is 0 Å². The van der Waals surface area contributed by atoms with Gasteiger partial charge in [0.2, 0.25) is 5.91 Å². The highest BCUT2D eigenvalue weighted by molar-refractivity contribution is 7.92. The Morgan fingerprint density at radius 1 is 1.28 bits per heavy atom. The maximum Gasteiger partial charge on any atom is 0.240 e. The molecule has 7 heteroatoms. The zero-order chi connectivity index (χ0) is 13.8. The van der Waals surface area contributed by atoms with E-state index in [0.717, 1.165) is 32.3 Å². The summed E-state index contributed by atoms with van der Waals surface area (Å²) in [7, 11) is -3.30. The van der Waals surface area contributed by atoms with Crippen LogP contribution in [0.3, 0.4) is 0 Å². The standard InChI is InChI=1S/C11H23N3O3S/c1-10(18(2,16)17)11(15)14-8-6-13(7-9-14)5-3-4-12/h10H,3-9,12H2,1-2H3. The molecule has 1 fully saturated rings. The molecule has 1 rings (SSSR count). The molecule has 18 heavy (non-hydrogen) atoms. The molecule has 0 bridgehead atoms. The average Bonchev–Trinajstić information content (AvgIpc) is 2.34. The molecule has 0 saturated carbocycles. The first kappa shape index (κ1) is 15.4. The van der Waals surface area contributed by atoms with Crippen LogP contribution < -0.4 is 5.73 Å². The highest BCUT2D eigenvalue weighted by atomic mass is 32.2. The van der Waals surface area contributed by atoms with Crippen LogP contribution in [0, 0.1) is 0 Å². The quantitative estimate of drug-likeness (QED) is 0.690. The largest absolute Gasteiger partial charge is 0.339 e. The van der Waals surface area contributed by atoms with E-state index in [1.165, 1.54) is 6.92 Å². The number of carbonyl (C=O) groups excluding carboxylic acids is 1. The molecule has 1 saturated heterocycles. The van der Waals surface area contributed by atoms with Crippen LogP contribution in [-0.4, -0.2) is 74.9 Å². The third-order valence-electron chi connectivity index (χ3n) is 3.35. The van der Waals surface area contributed by atoms with Crippen LogP contribution in [0.15, 0.2) is 0 Å². The highest BCUT2D eigenvalue weighted by Crippen LogP contribution is 2.08. The van der Waals surface area contributed by atoms with Gasteiger partial charge in [0, 0.05) is 32.4 Å². The normalized spacial score (nSPS) is 19.8. The molecule has 1 aliphatic rings. The van der Waals surface area contributed by atoms with Crippen molar-refractivity contribution in [3.63, 3.8) is 0 Å². The minimum Gasteiger partial charge on any atom is -0.339 e. The summed E-state index contributed by atoms with van der Waals surface area (Å²) in [6.45, 7) is 5.86. The van der Waals surface area contributed by atoms with Gasteiger partial charge >= 0.3 is 0 Å². The molecule has 0 radical (unpaired) electrons. The van der Waals surface area contributed by atoms with Crippen molar-refractivity contribution >= 4 is 15.7 Å². The summed E-state index contributed by atoms with van der Waals surface area (Å²) in [6, 6.07) is 0. The molecule has 1 aliphatic heterocycles. The fraction of sp³-hybridized carbons (Fsp3) is 0.909. The minimum absolute atomic E-state index is 0.282. The zero-order valence-electron chi connectivity index (χ0n) is 11.1. The number of amides is 1. The topological polar surface area (TPSA) is 83.7 Å². The minimum atomic E-state index is -3.30. The first-order valence-corrected chi connectivity index (χ1v) is 8.21.